The Morgan fingerprint density at radius 2 is 1.94 bits per heavy atom. The van der Waals surface area contributed by atoms with E-state index in [1.54, 1.807) is 7.11 Å². The molecule has 1 unspecified atom stereocenters. The SMILES string of the molecule is CCN(Cc1ccccc1CN)C(C)COC. The van der Waals surface area contributed by atoms with Crippen LogP contribution in [0.15, 0.2) is 24.3 Å². The third-order valence-corrected chi connectivity index (χ3v) is 3.15. The van der Waals surface area contributed by atoms with Gasteiger partial charge in [0.2, 0.25) is 0 Å². The highest BCUT2D eigenvalue weighted by atomic mass is 16.5. The van der Waals surface area contributed by atoms with Gasteiger partial charge < -0.3 is 10.5 Å². The van der Waals surface area contributed by atoms with Gasteiger partial charge in [-0.15, -0.1) is 0 Å². The van der Waals surface area contributed by atoms with E-state index < -0.39 is 0 Å². The maximum absolute atomic E-state index is 5.76. The van der Waals surface area contributed by atoms with Gasteiger partial charge >= 0.3 is 0 Å². The number of benzene rings is 1. The Hall–Kier alpha value is -0.900. The van der Waals surface area contributed by atoms with E-state index in [4.69, 9.17) is 10.5 Å². The molecule has 1 rings (SSSR count). The van der Waals surface area contributed by atoms with Gasteiger partial charge in [0.15, 0.2) is 0 Å². The van der Waals surface area contributed by atoms with Crippen LogP contribution in [0.5, 0.6) is 0 Å². The number of likely N-dealkylation sites (N-methyl/N-ethyl adjacent to an activating group) is 1. The summed E-state index contributed by atoms with van der Waals surface area (Å²) in [4.78, 5) is 2.40. The topological polar surface area (TPSA) is 38.5 Å². The first kappa shape index (κ1) is 14.2. The van der Waals surface area contributed by atoms with Crippen molar-refractivity contribution in [3.05, 3.63) is 35.4 Å². The van der Waals surface area contributed by atoms with Gasteiger partial charge in [-0.1, -0.05) is 31.2 Å². The first-order valence-corrected chi connectivity index (χ1v) is 6.22. The van der Waals surface area contributed by atoms with E-state index in [9.17, 15) is 0 Å². The van der Waals surface area contributed by atoms with Crippen molar-refractivity contribution in [2.75, 3.05) is 20.3 Å². The number of nitrogens with zero attached hydrogens (tertiary/aromatic N) is 1. The molecular weight excluding hydrogens is 212 g/mol. The molecule has 3 nitrogen and oxygen atoms in total. The molecule has 0 amide bonds. The smallest absolute Gasteiger partial charge is 0.0615 e. The molecule has 0 saturated carbocycles. The molecule has 2 N–H and O–H groups in total. The second-order valence-electron chi connectivity index (χ2n) is 4.34. The first-order chi connectivity index (χ1) is 8.22. The summed E-state index contributed by atoms with van der Waals surface area (Å²) >= 11 is 0. The van der Waals surface area contributed by atoms with Gasteiger partial charge in [-0.3, -0.25) is 4.90 Å². The first-order valence-electron chi connectivity index (χ1n) is 6.22. The molecular formula is C14H24N2O. The van der Waals surface area contributed by atoms with Crippen LogP contribution in [0.25, 0.3) is 0 Å². The highest BCUT2D eigenvalue weighted by Gasteiger charge is 2.13. The molecule has 0 heterocycles. The molecule has 0 spiro atoms. The number of nitrogens with two attached hydrogens (primary N) is 1. The second-order valence-corrected chi connectivity index (χ2v) is 4.34. The molecule has 1 aromatic rings. The van der Waals surface area contributed by atoms with E-state index in [2.05, 4.69) is 36.9 Å². The summed E-state index contributed by atoms with van der Waals surface area (Å²) in [6.45, 7) is 7.69. The van der Waals surface area contributed by atoms with Crippen LogP contribution in [0.1, 0.15) is 25.0 Å². The van der Waals surface area contributed by atoms with Crippen LogP contribution < -0.4 is 5.73 Å². The van der Waals surface area contributed by atoms with Crippen LogP contribution in [0.3, 0.4) is 0 Å². The maximum Gasteiger partial charge on any atom is 0.0615 e. The third-order valence-electron chi connectivity index (χ3n) is 3.15. The molecule has 17 heavy (non-hydrogen) atoms. The van der Waals surface area contributed by atoms with Gasteiger partial charge in [0.25, 0.3) is 0 Å². The van der Waals surface area contributed by atoms with Crippen molar-refractivity contribution < 1.29 is 4.74 Å². The zero-order valence-electron chi connectivity index (χ0n) is 11.1. The predicted octanol–water partition coefficient (Wildman–Crippen LogP) is 2.00. The van der Waals surface area contributed by atoms with Crippen LogP contribution in [-0.4, -0.2) is 31.2 Å². The Balaban J connectivity index is 2.73. The van der Waals surface area contributed by atoms with E-state index in [-0.39, 0.29) is 0 Å². The summed E-state index contributed by atoms with van der Waals surface area (Å²) in [5.74, 6) is 0. The molecule has 0 aromatic heterocycles. The number of hydrogen-bond donors (Lipinski definition) is 1. The lowest BCUT2D eigenvalue weighted by Crippen LogP contribution is -2.35. The van der Waals surface area contributed by atoms with E-state index in [0.29, 0.717) is 12.6 Å². The molecule has 0 radical (unpaired) electrons. The van der Waals surface area contributed by atoms with Crippen LogP contribution in [0, 0.1) is 0 Å². The molecule has 0 aliphatic carbocycles. The van der Waals surface area contributed by atoms with Crippen molar-refractivity contribution >= 4 is 0 Å². The molecule has 3 heteroatoms. The summed E-state index contributed by atoms with van der Waals surface area (Å²) < 4.78 is 5.21. The lowest BCUT2D eigenvalue weighted by atomic mass is 10.1. The van der Waals surface area contributed by atoms with Crippen molar-refractivity contribution in [2.45, 2.75) is 33.0 Å². The molecule has 1 aromatic carbocycles. The highest BCUT2D eigenvalue weighted by molar-refractivity contribution is 5.26. The Labute approximate surface area is 105 Å². The van der Waals surface area contributed by atoms with Gasteiger partial charge in [0.1, 0.15) is 0 Å². The van der Waals surface area contributed by atoms with Crippen LogP contribution in [0.2, 0.25) is 0 Å². The van der Waals surface area contributed by atoms with E-state index >= 15 is 0 Å². The molecule has 0 saturated heterocycles. The largest absolute Gasteiger partial charge is 0.383 e. The van der Waals surface area contributed by atoms with Crippen molar-refractivity contribution in [3.63, 3.8) is 0 Å². The van der Waals surface area contributed by atoms with Crippen molar-refractivity contribution in [3.8, 4) is 0 Å². The average molecular weight is 236 g/mol. The summed E-state index contributed by atoms with van der Waals surface area (Å²) in [5, 5.41) is 0. The standard InChI is InChI=1S/C14H24N2O/c1-4-16(12(2)11-17-3)10-14-8-6-5-7-13(14)9-15/h5-8,12H,4,9-11,15H2,1-3H3. The van der Waals surface area contributed by atoms with Gasteiger partial charge in [-0.25, -0.2) is 0 Å². The minimum Gasteiger partial charge on any atom is -0.383 e. The van der Waals surface area contributed by atoms with Gasteiger partial charge in [0, 0.05) is 26.2 Å². The predicted molar refractivity (Wildman–Crippen MR) is 71.8 cm³/mol. The Bertz CT molecular complexity index is 328. The van der Waals surface area contributed by atoms with Crippen LogP contribution >= 0.6 is 0 Å². The highest BCUT2D eigenvalue weighted by Crippen LogP contribution is 2.13. The van der Waals surface area contributed by atoms with E-state index in [0.717, 1.165) is 19.7 Å². The Kier molecular flexibility index (Phi) is 6.19. The van der Waals surface area contributed by atoms with E-state index in [1.165, 1.54) is 11.1 Å². The molecule has 1 atom stereocenters. The fourth-order valence-corrected chi connectivity index (χ4v) is 2.06. The number of methoxy groups -OCH3 is 1. The quantitative estimate of drug-likeness (QED) is 0.787. The van der Waals surface area contributed by atoms with Crippen molar-refractivity contribution in [2.24, 2.45) is 5.73 Å². The van der Waals surface area contributed by atoms with Crippen molar-refractivity contribution in [1.29, 1.82) is 0 Å². The van der Waals surface area contributed by atoms with Crippen LogP contribution in [-0.2, 0) is 17.8 Å². The van der Waals surface area contributed by atoms with Crippen LogP contribution in [0.4, 0.5) is 0 Å². The minimum atomic E-state index is 0.427. The Morgan fingerprint density at radius 3 is 2.47 bits per heavy atom. The summed E-state index contributed by atoms with van der Waals surface area (Å²) in [7, 11) is 1.75. The lowest BCUT2D eigenvalue weighted by Gasteiger charge is -2.28. The number of hydrogen-bond acceptors (Lipinski definition) is 3. The average Bonchev–Trinajstić information content (AvgIpc) is 2.36. The fraction of sp³-hybridized carbons (Fsp3) is 0.571. The maximum atomic E-state index is 5.76. The summed E-state index contributed by atoms with van der Waals surface area (Å²) in [6, 6.07) is 8.80. The number of ether oxygens (including phenoxy) is 1. The minimum absolute atomic E-state index is 0.427. The Morgan fingerprint density at radius 1 is 1.29 bits per heavy atom. The zero-order valence-corrected chi connectivity index (χ0v) is 11.1. The lowest BCUT2D eigenvalue weighted by molar-refractivity contribution is 0.0980. The molecule has 96 valence electrons. The fourth-order valence-electron chi connectivity index (χ4n) is 2.06. The number of rotatable bonds is 7. The molecule has 0 fully saturated rings. The molecule has 0 aliphatic heterocycles. The molecule has 0 aliphatic rings. The van der Waals surface area contributed by atoms with E-state index in [1.807, 2.05) is 6.07 Å². The molecule has 0 bridgehead atoms. The summed E-state index contributed by atoms with van der Waals surface area (Å²) in [5.41, 5.74) is 8.31. The van der Waals surface area contributed by atoms with Gasteiger partial charge in [-0.2, -0.15) is 0 Å². The normalized spacial score (nSPS) is 13.0. The summed E-state index contributed by atoms with van der Waals surface area (Å²) in [6.07, 6.45) is 0. The monoisotopic (exact) mass is 236 g/mol. The van der Waals surface area contributed by atoms with Crippen molar-refractivity contribution in [1.82, 2.24) is 4.90 Å². The second kappa shape index (κ2) is 7.43. The third kappa shape index (κ3) is 4.11. The van der Waals surface area contributed by atoms with Gasteiger partial charge in [-0.05, 0) is 24.6 Å². The van der Waals surface area contributed by atoms with Gasteiger partial charge in [0.05, 0.1) is 6.61 Å². The zero-order chi connectivity index (χ0) is 12.7.